The maximum Gasteiger partial charge on any atom is 0.329 e. The van der Waals surface area contributed by atoms with Crippen LogP contribution in [0.2, 0.25) is 0 Å². The summed E-state index contributed by atoms with van der Waals surface area (Å²) in [5.74, 6) is -3.12. The number of benzene rings is 1. The lowest BCUT2D eigenvalue weighted by molar-refractivity contribution is -0.0977. The molecule has 0 saturated carbocycles. The number of methoxy groups -OCH3 is 1. The number of nitrogens with zero attached hydrogens (tertiary/aromatic N) is 5. The second-order valence-electron chi connectivity index (χ2n) is 8.23. The molecular weight excluding hydrogens is 416 g/mol. The maximum atomic E-state index is 15.1. The van der Waals surface area contributed by atoms with Gasteiger partial charge in [0.2, 0.25) is 5.88 Å². The zero-order chi connectivity index (χ0) is 25.1. The van der Waals surface area contributed by atoms with Gasteiger partial charge in [-0.05, 0) is 37.2 Å². The van der Waals surface area contributed by atoms with Crippen molar-refractivity contribution in [2.24, 2.45) is 7.05 Å². The van der Waals surface area contributed by atoms with E-state index < -0.39 is 31.2 Å². The third kappa shape index (κ3) is 3.15. The van der Waals surface area contributed by atoms with E-state index in [0.717, 1.165) is 0 Å². The highest BCUT2D eigenvalue weighted by molar-refractivity contribution is 6.04. The predicted molar refractivity (Wildman–Crippen MR) is 118 cm³/mol. The van der Waals surface area contributed by atoms with Crippen LogP contribution < -0.4 is 10.4 Å². The van der Waals surface area contributed by atoms with Gasteiger partial charge in [0.15, 0.2) is 0 Å². The SMILES string of the molecule is [2H]C([2H])([2H])Oc1ccc(-c2ccc3ncc4c(c3c2)n([C@@H]2CCN(C)CC2(F)F)c(=O)n4C)cn1. The molecule has 0 N–H and O–H groups in total. The molecule has 1 atom stereocenters. The molecule has 32 heavy (non-hydrogen) atoms. The van der Waals surface area contributed by atoms with Gasteiger partial charge in [-0.2, -0.15) is 0 Å². The summed E-state index contributed by atoms with van der Waals surface area (Å²) in [6.07, 6.45) is 3.14. The van der Waals surface area contributed by atoms with E-state index in [-0.39, 0.29) is 12.3 Å². The first kappa shape index (κ1) is 17.3. The Kier molecular flexibility index (Phi) is 3.97. The van der Waals surface area contributed by atoms with Crippen LogP contribution in [0.5, 0.6) is 5.88 Å². The van der Waals surface area contributed by atoms with Crippen molar-refractivity contribution in [2.45, 2.75) is 18.4 Å². The van der Waals surface area contributed by atoms with Crippen LogP contribution in [0.15, 0.2) is 47.5 Å². The van der Waals surface area contributed by atoms with Crippen molar-refractivity contribution < 1.29 is 17.6 Å². The van der Waals surface area contributed by atoms with Crippen molar-refractivity contribution in [1.29, 1.82) is 0 Å². The van der Waals surface area contributed by atoms with Crippen molar-refractivity contribution in [1.82, 2.24) is 24.0 Å². The quantitative estimate of drug-likeness (QED) is 0.486. The first-order chi connectivity index (χ1) is 16.4. The standard InChI is InChI=1S/C23H23F2N5O2/c1-28-9-8-19(23(24,25)13-28)30-21-16-10-14(15-5-7-20(32-3)27-11-15)4-6-17(16)26-12-18(21)29(2)22(30)31/h4-7,10-12,19H,8-9,13H2,1-3H3/t19-/m1/s1/i3D3. The Labute approximate surface area is 187 Å². The Morgan fingerprint density at radius 2 is 1.97 bits per heavy atom. The second-order valence-corrected chi connectivity index (χ2v) is 8.23. The van der Waals surface area contributed by atoms with Crippen molar-refractivity contribution in [2.75, 3.05) is 27.2 Å². The van der Waals surface area contributed by atoms with Crippen LogP contribution in [0.1, 0.15) is 16.6 Å². The molecule has 4 aromatic rings. The molecule has 3 aromatic heterocycles. The average molecular weight is 442 g/mol. The maximum absolute atomic E-state index is 15.1. The molecule has 1 fully saturated rings. The van der Waals surface area contributed by atoms with E-state index >= 15 is 8.78 Å². The highest BCUT2D eigenvalue weighted by atomic mass is 19.3. The van der Waals surface area contributed by atoms with E-state index in [0.29, 0.717) is 39.6 Å². The molecule has 1 saturated heterocycles. The van der Waals surface area contributed by atoms with E-state index in [1.165, 1.54) is 27.6 Å². The zero-order valence-corrected chi connectivity index (χ0v) is 17.5. The number of rotatable bonds is 3. The van der Waals surface area contributed by atoms with Crippen molar-refractivity contribution in [3.05, 3.63) is 53.2 Å². The molecule has 0 unspecified atom stereocenters. The van der Waals surface area contributed by atoms with E-state index in [2.05, 4.69) is 9.97 Å². The summed E-state index contributed by atoms with van der Waals surface area (Å²) in [6.45, 7) is 0.0266. The number of fused-ring (bicyclic) bond motifs is 3. The summed E-state index contributed by atoms with van der Waals surface area (Å²) in [7, 11) is 0.588. The van der Waals surface area contributed by atoms with Gasteiger partial charge in [0, 0.05) is 36.8 Å². The summed E-state index contributed by atoms with van der Waals surface area (Å²) in [5, 5.41) is 0.565. The summed E-state index contributed by atoms with van der Waals surface area (Å²) < 4.78 is 59.2. The van der Waals surface area contributed by atoms with Gasteiger partial charge >= 0.3 is 5.69 Å². The Morgan fingerprint density at radius 1 is 1.16 bits per heavy atom. The number of likely N-dealkylation sites (tertiary alicyclic amines) is 1. The Balaban J connectivity index is 1.67. The molecule has 4 heterocycles. The Morgan fingerprint density at radius 3 is 2.69 bits per heavy atom. The highest BCUT2D eigenvalue weighted by Gasteiger charge is 2.46. The van der Waals surface area contributed by atoms with Crippen LogP contribution in [0.4, 0.5) is 8.78 Å². The Hall–Kier alpha value is -3.33. The lowest BCUT2D eigenvalue weighted by atomic mass is 10.00. The van der Waals surface area contributed by atoms with Crippen LogP contribution in [-0.2, 0) is 7.05 Å². The minimum Gasteiger partial charge on any atom is -0.481 e. The van der Waals surface area contributed by atoms with Crippen molar-refractivity contribution in [3.63, 3.8) is 0 Å². The Bertz CT molecular complexity index is 1480. The molecule has 1 aliphatic rings. The van der Waals surface area contributed by atoms with Gasteiger partial charge in [-0.25, -0.2) is 18.6 Å². The molecule has 9 heteroatoms. The molecule has 0 bridgehead atoms. The van der Waals surface area contributed by atoms with Gasteiger partial charge in [-0.15, -0.1) is 0 Å². The topological polar surface area (TPSA) is 65.2 Å². The minimum atomic E-state index is -3.08. The van der Waals surface area contributed by atoms with Crippen LogP contribution in [0, 0.1) is 0 Å². The predicted octanol–water partition coefficient (Wildman–Crippen LogP) is 3.47. The molecule has 7 nitrogen and oxygen atoms in total. The van der Waals surface area contributed by atoms with E-state index in [1.54, 1.807) is 43.3 Å². The van der Waals surface area contributed by atoms with Gasteiger partial charge in [0.1, 0.15) is 6.04 Å². The molecule has 0 amide bonds. The largest absolute Gasteiger partial charge is 0.481 e. The molecule has 0 spiro atoms. The normalized spacial score (nSPS) is 20.8. The number of hydrogen-bond donors (Lipinski definition) is 0. The van der Waals surface area contributed by atoms with E-state index in [4.69, 9.17) is 8.85 Å². The van der Waals surface area contributed by atoms with Gasteiger partial charge < -0.3 is 9.64 Å². The number of alkyl halides is 2. The molecule has 5 rings (SSSR count). The third-order valence-electron chi connectivity index (χ3n) is 6.15. The summed E-state index contributed by atoms with van der Waals surface area (Å²) in [4.78, 5) is 23.3. The fraction of sp³-hybridized carbons (Fsp3) is 0.348. The molecule has 1 aliphatic heterocycles. The second kappa shape index (κ2) is 7.37. The monoisotopic (exact) mass is 442 g/mol. The average Bonchev–Trinajstić information content (AvgIpc) is 3.03. The summed E-state index contributed by atoms with van der Waals surface area (Å²) in [6, 6.07) is 7.18. The fourth-order valence-electron chi connectivity index (χ4n) is 4.52. The molecule has 1 aromatic carbocycles. The van der Waals surface area contributed by atoms with Crippen LogP contribution in [-0.4, -0.2) is 57.1 Å². The third-order valence-corrected chi connectivity index (χ3v) is 6.15. The van der Waals surface area contributed by atoms with Crippen LogP contribution in [0.25, 0.3) is 33.1 Å². The first-order valence-corrected chi connectivity index (χ1v) is 10.2. The number of piperidine rings is 1. The first-order valence-electron chi connectivity index (χ1n) is 11.7. The lowest BCUT2D eigenvalue weighted by Gasteiger charge is -2.37. The molecule has 0 radical (unpaired) electrons. The summed E-state index contributed by atoms with van der Waals surface area (Å²) >= 11 is 0. The number of imidazole rings is 1. The van der Waals surface area contributed by atoms with Gasteiger partial charge in [0.25, 0.3) is 5.92 Å². The van der Waals surface area contributed by atoms with Crippen molar-refractivity contribution in [3.8, 4) is 17.0 Å². The summed E-state index contributed by atoms with van der Waals surface area (Å²) in [5.41, 5.74) is 2.30. The lowest BCUT2D eigenvalue weighted by Crippen LogP contribution is -2.49. The van der Waals surface area contributed by atoms with E-state index in [9.17, 15) is 4.79 Å². The minimum absolute atomic E-state index is 0.0417. The van der Waals surface area contributed by atoms with Crippen LogP contribution in [0.3, 0.4) is 0 Å². The number of aryl methyl sites for hydroxylation is 1. The number of ether oxygens (including phenoxy) is 1. The number of halogens is 2. The van der Waals surface area contributed by atoms with Crippen LogP contribution >= 0.6 is 0 Å². The molecular formula is C23H23F2N5O2. The van der Waals surface area contributed by atoms with Gasteiger partial charge in [-0.3, -0.25) is 14.1 Å². The number of pyridine rings is 2. The van der Waals surface area contributed by atoms with Gasteiger partial charge in [-0.1, -0.05) is 6.07 Å². The zero-order valence-electron chi connectivity index (χ0n) is 20.5. The molecule has 166 valence electrons. The molecule has 0 aliphatic carbocycles. The highest BCUT2D eigenvalue weighted by Crippen LogP contribution is 2.39. The number of hydrogen-bond acceptors (Lipinski definition) is 5. The number of aromatic nitrogens is 4. The van der Waals surface area contributed by atoms with E-state index in [1.807, 2.05) is 0 Å². The van der Waals surface area contributed by atoms with Gasteiger partial charge in [0.05, 0.1) is 40.4 Å². The fourth-order valence-corrected chi connectivity index (χ4v) is 4.52. The van der Waals surface area contributed by atoms with Crippen molar-refractivity contribution >= 4 is 21.9 Å². The smallest absolute Gasteiger partial charge is 0.329 e.